The van der Waals surface area contributed by atoms with E-state index in [0.717, 1.165) is 17.2 Å². The quantitative estimate of drug-likeness (QED) is 0.647. The molecule has 138 valence electrons. The number of ether oxygens (including phenoxy) is 2. The van der Waals surface area contributed by atoms with Crippen LogP contribution in [0.5, 0.6) is 11.5 Å². The van der Waals surface area contributed by atoms with Crippen LogP contribution >= 0.6 is 0 Å². The lowest BCUT2D eigenvalue weighted by Crippen LogP contribution is -2.12. The number of anilines is 3. The highest BCUT2D eigenvalue weighted by molar-refractivity contribution is 6.04. The fraction of sp³-hybridized carbons (Fsp3) is 0.143. The molecule has 1 aromatic heterocycles. The number of carbonyl (C=O) groups is 1. The number of methoxy groups -OCH3 is 1. The molecule has 27 heavy (non-hydrogen) atoms. The highest BCUT2D eigenvalue weighted by Crippen LogP contribution is 2.26. The van der Waals surface area contributed by atoms with Crippen molar-refractivity contribution in [3.05, 3.63) is 72.4 Å². The summed E-state index contributed by atoms with van der Waals surface area (Å²) in [5.74, 6) is 1.88. The number of pyridine rings is 1. The van der Waals surface area contributed by atoms with E-state index in [1.165, 1.54) is 6.20 Å². The van der Waals surface area contributed by atoms with Crippen LogP contribution in [0.3, 0.4) is 0 Å². The Labute approximate surface area is 158 Å². The van der Waals surface area contributed by atoms with E-state index in [9.17, 15) is 4.79 Å². The molecule has 0 unspecified atom stereocenters. The Hall–Kier alpha value is -3.54. The van der Waals surface area contributed by atoms with Crippen molar-refractivity contribution < 1.29 is 14.3 Å². The predicted octanol–water partition coefficient (Wildman–Crippen LogP) is 4.48. The summed E-state index contributed by atoms with van der Waals surface area (Å²) in [5.41, 5.74) is 1.97. The van der Waals surface area contributed by atoms with Gasteiger partial charge >= 0.3 is 0 Å². The lowest BCUT2D eigenvalue weighted by molar-refractivity contribution is 0.102. The summed E-state index contributed by atoms with van der Waals surface area (Å²) >= 11 is 0. The van der Waals surface area contributed by atoms with Crippen molar-refractivity contribution >= 4 is 23.1 Å². The van der Waals surface area contributed by atoms with Crippen LogP contribution in [0.25, 0.3) is 0 Å². The summed E-state index contributed by atoms with van der Waals surface area (Å²) in [7, 11) is 1.61. The molecule has 0 bridgehead atoms. The molecule has 2 aromatic carbocycles. The van der Waals surface area contributed by atoms with Crippen molar-refractivity contribution in [2.75, 3.05) is 24.4 Å². The standard InChI is InChI=1S/C21H21N3O3/c1-3-27-17-11-9-16(10-12-17)23-21(25)15-8-13-20(22-14-15)24-18-6-4-5-7-19(18)26-2/h4-14H,3H2,1-2H3,(H,22,24)(H,23,25). The number of rotatable bonds is 7. The zero-order chi connectivity index (χ0) is 19.1. The zero-order valence-electron chi connectivity index (χ0n) is 15.2. The van der Waals surface area contributed by atoms with Crippen molar-refractivity contribution in [2.45, 2.75) is 6.92 Å². The first-order chi connectivity index (χ1) is 13.2. The van der Waals surface area contributed by atoms with Gasteiger partial charge in [0.15, 0.2) is 0 Å². The Balaban J connectivity index is 1.65. The van der Waals surface area contributed by atoms with Crippen molar-refractivity contribution in [1.82, 2.24) is 4.98 Å². The maximum Gasteiger partial charge on any atom is 0.257 e. The molecule has 0 saturated heterocycles. The SMILES string of the molecule is CCOc1ccc(NC(=O)c2ccc(Nc3ccccc3OC)nc2)cc1. The van der Waals surface area contributed by atoms with E-state index in [4.69, 9.17) is 9.47 Å². The van der Waals surface area contributed by atoms with Crippen LogP contribution in [0.1, 0.15) is 17.3 Å². The molecule has 3 aromatic rings. The second-order valence-corrected chi connectivity index (χ2v) is 5.67. The van der Waals surface area contributed by atoms with E-state index in [-0.39, 0.29) is 5.91 Å². The Morgan fingerprint density at radius 2 is 1.81 bits per heavy atom. The smallest absolute Gasteiger partial charge is 0.257 e. The Morgan fingerprint density at radius 3 is 2.48 bits per heavy atom. The summed E-state index contributed by atoms with van der Waals surface area (Å²) in [5, 5.41) is 6.02. The van der Waals surface area contributed by atoms with E-state index >= 15 is 0 Å². The van der Waals surface area contributed by atoms with E-state index in [0.29, 0.717) is 23.7 Å². The molecule has 0 radical (unpaired) electrons. The second kappa shape index (κ2) is 8.71. The number of carbonyl (C=O) groups excluding carboxylic acids is 1. The third kappa shape index (κ3) is 4.76. The summed E-state index contributed by atoms with van der Waals surface area (Å²) in [6.45, 7) is 2.53. The number of hydrogen-bond acceptors (Lipinski definition) is 5. The molecule has 6 heteroatoms. The summed E-state index contributed by atoms with van der Waals surface area (Å²) in [6, 6.07) is 18.3. The third-order valence-corrected chi connectivity index (χ3v) is 3.82. The molecule has 1 heterocycles. The van der Waals surface area contributed by atoms with E-state index < -0.39 is 0 Å². The zero-order valence-corrected chi connectivity index (χ0v) is 15.2. The molecule has 1 amide bonds. The molecule has 0 aliphatic heterocycles. The van der Waals surface area contributed by atoms with Gasteiger partial charge in [0.1, 0.15) is 17.3 Å². The monoisotopic (exact) mass is 363 g/mol. The highest BCUT2D eigenvalue weighted by atomic mass is 16.5. The van der Waals surface area contributed by atoms with Crippen molar-refractivity contribution in [1.29, 1.82) is 0 Å². The maximum absolute atomic E-state index is 12.4. The van der Waals surface area contributed by atoms with E-state index in [1.54, 1.807) is 31.4 Å². The molecule has 0 fully saturated rings. The average molecular weight is 363 g/mol. The largest absolute Gasteiger partial charge is 0.495 e. The maximum atomic E-state index is 12.4. The van der Waals surface area contributed by atoms with Crippen molar-refractivity contribution in [3.8, 4) is 11.5 Å². The molecule has 0 atom stereocenters. The van der Waals surface area contributed by atoms with Gasteiger partial charge in [-0.2, -0.15) is 0 Å². The molecule has 3 rings (SSSR count). The van der Waals surface area contributed by atoms with Crippen LogP contribution in [0, 0.1) is 0 Å². The number of benzene rings is 2. The first kappa shape index (κ1) is 18.3. The number of amides is 1. The summed E-state index contributed by atoms with van der Waals surface area (Å²) in [6.07, 6.45) is 1.53. The van der Waals surface area contributed by atoms with Crippen molar-refractivity contribution in [3.63, 3.8) is 0 Å². The van der Waals surface area contributed by atoms with E-state index in [2.05, 4.69) is 15.6 Å². The molecule has 0 spiro atoms. The predicted molar refractivity (Wildman–Crippen MR) is 106 cm³/mol. The highest BCUT2D eigenvalue weighted by Gasteiger charge is 2.08. The number of nitrogens with zero attached hydrogens (tertiary/aromatic N) is 1. The molecule has 0 saturated carbocycles. The lowest BCUT2D eigenvalue weighted by atomic mass is 10.2. The molecule has 6 nitrogen and oxygen atoms in total. The van der Waals surface area contributed by atoms with Gasteiger partial charge in [-0.15, -0.1) is 0 Å². The van der Waals surface area contributed by atoms with Gasteiger partial charge in [-0.3, -0.25) is 4.79 Å². The number of para-hydroxylation sites is 2. The van der Waals surface area contributed by atoms with Gasteiger partial charge in [0, 0.05) is 11.9 Å². The topological polar surface area (TPSA) is 72.5 Å². The fourth-order valence-electron chi connectivity index (χ4n) is 2.49. The minimum Gasteiger partial charge on any atom is -0.495 e. The minimum absolute atomic E-state index is 0.226. The fourth-order valence-corrected chi connectivity index (χ4v) is 2.49. The van der Waals surface area contributed by atoms with Crippen LogP contribution in [0.4, 0.5) is 17.2 Å². The summed E-state index contributed by atoms with van der Waals surface area (Å²) < 4.78 is 10.7. The number of nitrogens with one attached hydrogen (secondary N) is 2. The van der Waals surface area contributed by atoms with Crippen LogP contribution < -0.4 is 20.1 Å². The van der Waals surface area contributed by atoms with Gasteiger partial charge in [-0.05, 0) is 55.5 Å². The van der Waals surface area contributed by atoms with Gasteiger partial charge in [-0.25, -0.2) is 4.98 Å². The molecular weight excluding hydrogens is 342 g/mol. The van der Waals surface area contributed by atoms with Crippen LogP contribution in [0.15, 0.2) is 66.9 Å². The van der Waals surface area contributed by atoms with Gasteiger partial charge in [0.05, 0.1) is 25.0 Å². The number of aromatic nitrogens is 1. The Bertz CT molecular complexity index is 893. The van der Waals surface area contributed by atoms with Crippen LogP contribution in [-0.2, 0) is 0 Å². The Kier molecular flexibility index (Phi) is 5.89. The van der Waals surface area contributed by atoms with Gasteiger partial charge in [-0.1, -0.05) is 12.1 Å². The average Bonchev–Trinajstić information content (AvgIpc) is 2.70. The third-order valence-electron chi connectivity index (χ3n) is 3.82. The van der Waals surface area contributed by atoms with Crippen LogP contribution in [0.2, 0.25) is 0 Å². The molecule has 0 aliphatic carbocycles. The lowest BCUT2D eigenvalue weighted by Gasteiger charge is -2.11. The Morgan fingerprint density at radius 1 is 1.04 bits per heavy atom. The first-order valence-electron chi connectivity index (χ1n) is 8.60. The normalized spacial score (nSPS) is 10.1. The molecular formula is C21H21N3O3. The van der Waals surface area contributed by atoms with Gasteiger partial charge < -0.3 is 20.1 Å². The second-order valence-electron chi connectivity index (χ2n) is 5.67. The van der Waals surface area contributed by atoms with Crippen LogP contribution in [-0.4, -0.2) is 24.6 Å². The first-order valence-corrected chi connectivity index (χ1v) is 8.60. The van der Waals surface area contributed by atoms with Crippen molar-refractivity contribution in [2.24, 2.45) is 0 Å². The van der Waals surface area contributed by atoms with Gasteiger partial charge in [0.25, 0.3) is 5.91 Å². The molecule has 2 N–H and O–H groups in total. The summed E-state index contributed by atoms with van der Waals surface area (Å²) in [4.78, 5) is 16.7. The molecule has 0 aliphatic rings. The van der Waals surface area contributed by atoms with Gasteiger partial charge in [0.2, 0.25) is 0 Å². The van der Waals surface area contributed by atoms with E-state index in [1.807, 2.05) is 43.3 Å². The number of hydrogen-bond donors (Lipinski definition) is 2. The minimum atomic E-state index is -0.226.